The van der Waals surface area contributed by atoms with Gasteiger partial charge in [-0.3, -0.25) is 23.9 Å². The van der Waals surface area contributed by atoms with E-state index in [2.05, 4.69) is 31.2 Å². The average molecular weight is 810 g/mol. The Morgan fingerprint density at radius 2 is 1.86 bits per heavy atom. The minimum absolute atomic E-state index is 0.0155. The van der Waals surface area contributed by atoms with E-state index in [1.165, 1.54) is 0 Å². The number of carbonyl (C=O) groups is 4. The number of hydrogen-bond acceptors (Lipinski definition) is 9. The summed E-state index contributed by atoms with van der Waals surface area (Å²) in [6.45, 7) is 11.9. The summed E-state index contributed by atoms with van der Waals surface area (Å²) in [5.74, 6) is -1.49. The number of benzene rings is 2. The summed E-state index contributed by atoms with van der Waals surface area (Å²) < 4.78 is 40.6. The van der Waals surface area contributed by atoms with E-state index in [1.54, 1.807) is 18.1 Å². The molecular formula is C46H55N3O8S. The van der Waals surface area contributed by atoms with Crippen LogP contribution in [-0.4, -0.2) is 72.7 Å². The maximum absolute atomic E-state index is 14.8. The molecule has 5 atom stereocenters. The molecule has 58 heavy (non-hydrogen) atoms. The predicted octanol–water partition coefficient (Wildman–Crippen LogP) is 7.47. The van der Waals surface area contributed by atoms with Crippen molar-refractivity contribution in [3.05, 3.63) is 72.8 Å². The van der Waals surface area contributed by atoms with Gasteiger partial charge < -0.3 is 14.4 Å². The number of amides is 2. The number of pyridine rings is 1. The molecule has 1 N–H and O–H groups in total. The van der Waals surface area contributed by atoms with Crippen LogP contribution in [-0.2, 0) is 29.2 Å². The van der Waals surface area contributed by atoms with Gasteiger partial charge in [-0.25, -0.2) is 13.4 Å². The second-order valence-electron chi connectivity index (χ2n) is 17.9. The highest BCUT2D eigenvalue weighted by Crippen LogP contribution is 2.57. The van der Waals surface area contributed by atoms with E-state index in [0.717, 1.165) is 29.4 Å². The first-order chi connectivity index (χ1) is 27.5. The summed E-state index contributed by atoms with van der Waals surface area (Å²) in [4.78, 5) is 63.4. The van der Waals surface area contributed by atoms with Crippen molar-refractivity contribution in [3.63, 3.8) is 0 Å². The molecule has 0 unspecified atom stereocenters. The quantitative estimate of drug-likeness (QED) is 0.206. The molecule has 308 valence electrons. The summed E-state index contributed by atoms with van der Waals surface area (Å²) in [5, 5.41) is 0.129. The summed E-state index contributed by atoms with van der Waals surface area (Å²) in [6, 6.07) is 14.5. The fourth-order valence-electron chi connectivity index (χ4n) is 8.77. The predicted molar refractivity (Wildman–Crippen MR) is 223 cm³/mol. The van der Waals surface area contributed by atoms with Gasteiger partial charge in [-0.15, -0.1) is 6.58 Å². The second kappa shape index (κ2) is 16.1. The maximum Gasteiger partial charge on any atom is 0.240 e. The number of Topliss-reactive ketones (excluding diaryl/α,β-unsaturated/α-hetero) is 2. The molecule has 2 aliphatic carbocycles. The number of ether oxygens (including phenoxy) is 2. The molecule has 11 nitrogen and oxygen atoms in total. The van der Waals surface area contributed by atoms with Crippen LogP contribution in [0.1, 0.15) is 91.0 Å². The highest BCUT2D eigenvalue weighted by Gasteiger charge is 2.61. The molecule has 2 aliphatic heterocycles. The lowest BCUT2D eigenvalue weighted by Gasteiger charge is -2.31. The summed E-state index contributed by atoms with van der Waals surface area (Å²) in [7, 11) is -2.24. The first-order valence-electron chi connectivity index (χ1n) is 20.5. The number of methoxy groups -OCH3 is 1. The molecule has 3 aromatic rings. The Morgan fingerprint density at radius 1 is 1.12 bits per heavy atom. The highest BCUT2D eigenvalue weighted by atomic mass is 32.2. The molecule has 3 heterocycles. The van der Waals surface area contributed by atoms with Crippen LogP contribution in [0.5, 0.6) is 11.5 Å². The van der Waals surface area contributed by atoms with Gasteiger partial charge in [0.2, 0.25) is 21.8 Å². The van der Waals surface area contributed by atoms with Crippen LogP contribution in [0.2, 0.25) is 0 Å². The molecule has 0 spiro atoms. The average Bonchev–Trinajstić information content (AvgIpc) is 4.11. The minimum atomic E-state index is -3.86. The van der Waals surface area contributed by atoms with Gasteiger partial charge in [0, 0.05) is 60.2 Å². The zero-order valence-electron chi connectivity index (χ0n) is 34.2. The molecule has 4 aliphatic rings. The Hall–Kier alpha value is -4.84. The monoisotopic (exact) mass is 809 g/mol. The number of nitrogens with zero attached hydrogens (tertiary/aromatic N) is 2. The lowest BCUT2D eigenvalue weighted by molar-refractivity contribution is -0.144. The third-order valence-corrected chi connectivity index (χ3v) is 14.3. The van der Waals surface area contributed by atoms with Crippen LogP contribution in [0.3, 0.4) is 0 Å². The Bertz CT molecular complexity index is 2260. The van der Waals surface area contributed by atoms with Crippen LogP contribution in [0.15, 0.2) is 67.3 Å². The van der Waals surface area contributed by atoms with Crippen LogP contribution in [0, 0.1) is 28.6 Å². The van der Waals surface area contributed by atoms with Crippen molar-refractivity contribution >= 4 is 50.4 Å². The van der Waals surface area contributed by atoms with E-state index in [1.807, 2.05) is 68.5 Å². The third-order valence-electron chi connectivity index (χ3n) is 12.5. The number of nitrogens with one attached hydrogen (secondary N) is 1. The van der Waals surface area contributed by atoms with E-state index < -0.39 is 50.6 Å². The molecule has 3 fully saturated rings. The fourth-order valence-corrected chi connectivity index (χ4v) is 10.2. The van der Waals surface area contributed by atoms with Crippen molar-refractivity contribution in [1.82, 2.24) is 14.6 Å². The number of ketones is 2. The van der Waals surface area contributed by atoms with E-state index >= 15 is 0 Å². The van der Waals surface area contributed by atoms with E-state index in [-0.39, 0.29) is 61.0 Å². The molecule has 2 aromatic carbocycles. The summed E-state index contributed by atoms with van der Waals surface area (Å²) in [6.07, 6.45) is 8.00. The van der Waals surface area contributed by atoms with Crippen molar-refractivity contribution in [2.75, 3.05) is 13.7 Å². The third kappa shape index (κ3) is 8.63. The largest absolute Gasteiger partial charge is 0.496 e. The van der Waals surface area contributed by atoms with Gasteiger partial charge >= 0.3 is 0 Å². The SMILES string of the molecule is C=C[C@@H]1C[C@]1(CC(=O)[C@@H]1C[C@@H]2CN1C(=O)[C@H](C(C)C)CC(=O)CC(C)(C)CC/C=C/c1cc3c(cc(-c4ccccc4)nc3cc1OC)O2)C(=O)NS(=O)(=O)C1CC1. The normalized spacial score (nSPS) is 26.8. The van der Waals surface area contributed by atoms with Crippen molar-refractivity contribution in [1.29, 1.82) is 0 Å². The number of carbonyl (C=O) groups excluding carboxylic acids is 4. The minimum Gasteiger partial charge on any atom is -0.496 e. The first kappa shape index (κ1) is 41.3. The first-order valence-corrected chi connectivity index (χ1v) is 22.0. The number of hydrogen-bond donors (Lipinski definition) is 1. The van der Waals surface area contributed by atoms with E-state index in [9.17, 15) is 27.6 Å². The Kier molecular flexibility index (Phi) is 11.5. The highest BCUT2D eigenvalue weighted by molar-refractivity contribution is 7.90. The van der Waals surface area contributed by atoms with Gasteiger partial charge in [-0.05, 0) is 55.4 Å². The summed E-state index contributed by atoms with van der Waals surface area (Å²) in [5.41, 5.74) is 1.42. The standard InChI is InChI=1S/C46H55N3O8S/c1-7-31-24-46(31,44(53)48-58(54,55)34-16-17-34)26-40(51)39-21-33-27-49(39)43(52)35(28(2)3)20-32(50)25-45(4,5)18-12-11-15-30-19-36-38(23-41(30)56-6)47-37(22-42(36)57-33)29-13-9-8-10-14-29/h7-11,13-15,19,22-23,28,31,33-35,39H,1,12,16-18,20-21,24-27H2,2-6H3,(H,48,53)/b15-11+/t31-,33-,35+,39+,46-/m1/s1. The van der Waals surface area contributed by atoms with Crippen LogP contribution in [0.25, 0.3) is 28.2 Å². The molecular weight excluding hydrogens is 755 g/mol. The van der Waals surface area contributed by atoms with Gasteiger partial charge in [-0.2, -0.15) is 0 Å². The van der Waals surface area contributed by atoms with Crippen LogP contribution in [0.4, 0.5) is 0 Å². The number of allylic oxidation sites excluding steroid dienone is 2. The summed E-state index contributed by atoms with van der Waals surface area (Å²) >= 11 is 0. The van der Waals surface area contributed by atoms with Crippen molar-refractivity contribution in [2.45, 2.75) is 103 Å². The van der Waals surface area contributed by atoms with Crippen molar-refractivity contribution in [3.8, 4) is 22.8 Å². The van der Waals surface area contributed by atoms with Gasteiger partial charge in [0.15, 0.2) is 5.78 Å². The smallest absolute Gasteiger partial charge is 0.240 e. The maximum atomic E-state index is 14.8. The molecule has 1 saturated heterocycles. The second-order valence-corrected chi connectivity index (χ2v) is 19.8. The van der Waals surface area contributed by atoms with Gasteiger partial charge in [0.25, 0.3) is 0 Å². The number of rotatable bonds is 10. The lowest BCUT2D eigenvalue weighted by Crippen LogP contribution is -2.47. The molecule has 7 rings (SSSR count). The molecule has 2 saturated carbocycles. The number of aromatic nitrogens is 1. The molecule has 4 bridgehead atoms. The van der Waals surface area contributed by atoms with Gasteiger partial charge in [0.1, 0.15) is 23.4 Å². The van der Waals surface area contributed by atoms with Gasteiger partial charge in [0.05, 0.1) is 41.6 Å². The van der Waals surface area contributed by atoms with Crippen molar-refractivity contribution < 1.29 is 37.1 Å². The lowest BCUT2D eigenvalue weighted by atomic mass is 9.79. The fraction of sp³-hybridized carbons (Fsp3) is 0.500. The van der Waals surface area contributed by atoms with Crippen LogP contribution < -0.4 is 14.2 Å². The van der Waals surface area contributed by atoms with Gasteiger partial charge in [-0.1, -0.05) is 76.3 Å². The van der Waals surface area contributed by atoms with Crippen molar-refractivity contribution in [2.24, 2.45) is 28.6 Å². The number of sulfonamides is 1. The Labute approximate surface area is 341 Å². The topological polar surface area (TPSA) is 149 Å². The van der Waals surface area contributed by atoms with E-state index in [4.69, 9.17) is 14.5 Å². The Morgan fingerprint density at radius 3 is 2.52 bits per heavy atom. The molecule has 1 aromatic heterocycles. The number of fused-ring (bicyclic) bond motifs is 3. The zero-order valence-corrected chi connectivity index (χ0v) is 35.0. The Balaban J connectivity index is 1.29. The molecule has 12 heteroatoms. The van der Waals surface area contributed by atoms with E-state index in [0.29, 0.717) is 42.0 Å². The van der Waals surface area contributed by atoms with Crippen LogP contribution >= 0.6 is 0 Å². The molecule has 2 amide bonds. The zero-order chi connectivity index (χ0) is 41.6. The molecule has 0 radical (unpaired) electrons.